The van der Waals surface area contributed by atoms with Gasteiger partial charge in [0.1, 0.15) is 5.75 Å². The number of benzene rings is 1. The van der Waals surface area contributed by atoms with Crippen LogP contribution in [0.15, 0.2) is 43.0 Å². The third-order valence-electron chi connectivity index (χ3n) is 1.76. The second-order valence-corrected chi connectivity index (χ2v) is 3.28. The van der Waals surface area contributed by atoms with Crippen molar-refractivity contribution in [2.24, 2.45) is 0 Å². The second kappa shape index (κ2) is 25.4. The van der Waals surface area contributed by atoms with Crippen LogP contribution in [0.4, 0.5) is 18.8 Å². The number of allylic oxidation sites excluding steroid dienone is 1. The Morgan fingerprint density at radius 1 is 1.00 bits per heavy atom. The number of hydrogen-bond donors (Lipinski definition) is 0. The molecular weight excluding hydrogens is 260 g/mol. The Labute approximate surface area is 113 Å². The highest BCUT2D eigenvalue weighted by molar-refractivity contribution is 5.20. The van der Waals surface area contributed by atoms with Crippen LogP contribution in [0.2, 0.25) is 0 Å². The van der Waals surface area contributed by atoms with Gasteiger partial charge in [0.25, 0.3) is 0 Å². The lowest BCUT2D eigenvalue weighted by molar-refractivity contribution is 0.306. The fraction of sp³-hybridized carbons (Fsp3) is 0.429. The summed E-state index contributed by atoms with van der Waals surface area (Å²) in [5, 5.41) is 0. The monoisotopic (exact) mass is 286 g/mol. The molecule has 1 nitrogen and oxygen atoms in total. The molecule has 0 heterocycles. The summed E-state index contributed by atoms with van der Waals surface area (Å²) in [5.41, 5.74) is 0. The number of hydrogen-bond acceptors (Lipinski definition) is 1. The zero-order valence-electron chi connectivity index (χ0n) is 11.5. The highest BCUT2D eigenvalue weighted by atomic mass is 19.0. The zero-order valence-corrected chi connectivity index (χ0v) is 11.5. The van der Waals surface area contributed by atoms with Crippen molar-refractivity contribution in [1.82, 2.24) is 0 Å². The maximum atomic E-state index is 5.51. The molecule has 0 N–H and O–H groups in total. The quantitative estimate of drug-likeness (QED) is 0.418. The van der Waals surface area contributed by atoms with E-state index in [4.69, 9.17) is 4.74 Å². The molecule has 0 aliphatic heterocycles. The first-order chi connectivity index (χ1) is 7.35. The Hall–Kier alpha value is -1.52. The molecule has 19 heavy (non-hydrogen) atoms. The number of rotatable bonds is 5. The van der Waals surface area contributed by atoms with E-state index in [1.165, 1.54) is 12.8 Å². The van der Waals surface area contributed by atoms with E-state index >= 15 is 0 Å². The zero-order chi connectivity index (χ0) is 11.4. The average Bonchev–Trinajstić information content (AvgIpc) is 2.27. The maximum Gasteiger partial charge on any atom is 0.119 e. The van der Waals surface area contributed by atoms with Crippen LogP contribution in [0.25, 0.3) is 0 Å². The molecule has 1 rings (SSSR count). The van der Waals surface area contributed by atoms with Gasteiger partial charge in [-0.2, -0.15) is 0 Å². The van der Waals surface area contributed by atoms with Crippen LogP contribution in [-0.2, 0) is 0 Å². The number of para-hydroxylation sites is 1. The summed E-state index contributed by atoms with van der Waals surface area (Å²) in [7, 11) is 0. The molecule has 0 bridgehead atoms. The SMILES string of the molecule is C=CC.CCCCCOc1ccccc1.F.F.F.F. The molecule has 0 aromatic heterocycles. The van der Waals surface area contributed by atoms with E-state index in [0.29, 0.717) is 0 Å². The van der Waals surface area contributed by atoms with Gasteiger partial charge in [-0.25, -0.2) is 0 Å². The highest BCUT2D eigenvalue weighted by Crippen LogP contribution is 2.08. The summed E-state index contributed by atoms with van der Waals surface area (Å²) in [5.74, 6) is 0.980. The summed E-state index contributed by atoms with van der Waals surface area (Å²) >= 11 is 0. The van der Waals surface area contributed by atoms with Crippen molar-refractivity contribution in [3.8, 4) is 5.75 Å². The van der Waals surface area contributed by atoms with Gasteiger partial charge in [-0.3, -0.25) is 18.8 Å². The third kappa shape index (κ3) is 22.2. The standard InChI is InChI=1S/C11H16O.C3H6.4FH/c1-2-3-7-10-12-11-8-5-4-6-9-11;1-3-2;;;;/h4-6,8-9H,2-3,7,10H2,1H3;3H,1H2,2H3;4*1H. The van der Waals surface area contributed by atoms with E-state index in [0.717, 1.165) is 18.8 Å². The molecule has 0 aliphatic rings. The van der Waals surface area contributed by atoms with Gasteiger partial charge in [0.15, 0.2) is 0 Å². The molecule has 0 atom stereocenters. The molecule has 1 aromatic rings. The minimum absolute atomic E-state index is 0. The Morgan fingerprint density at radius 2 is 1.47 bits per heavy atom. The average molecular weight is 286 g/mol. The van der Waals surface area contributed by atoms with E-state index in [1.54, 1.807) is 6.08 Å². The van der Waals surface area contributed by atoms with Gasteiger partial charge in [0, 0.05) is 0 Å². The molecule has 0 radical (unpaired) electrons. The normalized spacial score (nSPS) is 6.84. The van der Waals surface area contributed by atoms with Crippen LogP contribution < -0.4 is 4.74 Å². The third-order valence-corrected chi connectivity index (χ3v) is 1.76. The van der Waals surface area contributed by atoms with Gasteiger partial charge in [-0.15, -0.1) is 6.58 Å². The molecule has 0 amide bonds. The van der Waals surface area contributed by atoms with Crippen molar-refractivity contribution in [2.45, 2.75) is 33.1 Å². The molecule has 0 saturated carbocycles. The Morgan fingerprint density at radius 3 is 1.89 bits per heavy atom. The lowest BCUT2D eigenvalue weighted by Crippen LogP contribution is -1.96. The van der Waals surface area contributed by atoms with E-state index in [1.807, 2.05) is 37.3 Å². The van der Waals surface area contributed by atoms with Crippen LogP contribution in [0.5, 0.6) is 5.75 Å². The summed E-state index contributed by atoms with van der Waals surface area (Å²) in [6, 6.07) is 9.97. The summed E-state index contributed by atoms with van der Waals surface area (Å²) < 4.78 is 5.51. The minimum atomic E-state index is 0. The number of unbranched alkanes of at least 4 members (excludes halogenated alkanes) is 2. The Bertz CT molecular complexity index is 242. The topological polar surface area (TPSA) is 9.23 Å². The van der Waals surface area contributed by atoms with Gasteiger partial charge in [-0.1, -0.05) is 44.0 Å². The van der Waals surface area contributed by atoms with Crippen LogP contribution in [0.1, 0.15) is 33.1 Å². The largest absolute Gasteiger partial charge is 0.494 e. The summed E-state index contributed by atoms with van der Waals surface area (Å²) in [6.07, 6.45) is 5.41. The molecule has 0 spiro atoms. The predicted molar refractivity (Wildman–Crippen MR) is 77.3 cm³/mol. The van der Waals surface area contributed by atoms with Crippen molar-refractivity contribution < 1.29 is 23.6 Å². The molecule has 1 aromatic carbocycles. The van der Waals surface area contributed by atoms with Crippen LogP contribution in [0, 0.1) is 0 Å². The van der Waals surface area contributed by atoms with Gasteiger partial charge in [0.2, 0.25) is 0 Å². The first-order valence-electron chi connectivity index (χ1n) is 5.60. The minimum Gasteiger partial charge on any atom is -0.494 e. The van der Waals surface area contributed by atoms with Crippen LogP contribution in [0.3, 0.4) is 0 Å². The summed E-state index contributed by atoms with van der Waals surface area (Å²) in [6.45, 7) is 8.29. The van der Waals surface area contributed by atoms with E-state index in [-0.39, 0.29) is 18.8 Å². The molecule has 0 unspecified atom stereocenters. The van der Waals surface area contributed by atoms with Gasteiger partial charge >= 0.3 is 0 Å². The number of ether oxygens (including phenoxy) is 1. The molecule has 5 heteroatoms. The lowest BCUT2D eigenvalue weighted by Gasteiger charge is -2.04. The molecule has 116 valence electrons. The van der Waals surface area contributed by atoms with Gasteiger partial charge in [-0.05, 0) is 25.5 Å². The second-order valence-electron chi connectivity index (χ2n) is 3.28. The first kappa shape index (κ1) is 30.5. The van der Waals surface area contributed by atoms with Crippen molar-refractivity contribution in [2.75, 3.05) is 6.61 Å². The van der Waals surface area contributed by atoms with E-state index in [9.17, 15) is 0 Å². The van der Waals surface area contributed by atoms with Crippen molar-refractivity contribution >= 4 is 0 Å². The molecule has 0 fully saturated rings. The predicted octanol–water partition coefficient (Wildman–Crippen LogP) is 5.06. The first-order valence-corrected chi connectivity index (χ1v) is 5.60. The molecule has 0 aliphatic carbocycles. The smallest absolute Gasteiger partial charge is 0.119 e. The van der Waals surface area contributed by atoms with Crippen molar-refractivity contribution in [1.29, 1.82) is 0 Å². The Balaban J connectivity index is -0.0000000858. The number of halogens is 4. The Kier molecular flexibility index (Phi) is 40.7. The van der Waals surface area contributed by atoms with Crippen molar-refractivity contribution in [3.05, 3.63) is 43.0 Å². The van der Waals surface area contributed by atoms with Gasteiger partial charge in [0.05, 0.1) is 6.61 Å². The fourth-order valence-corrected chi connectivity index (χ4v) is 1.06. The van der Waals surface area contributed by atoms with E-state index in [2.05, 4.69) is 13.5 Å². The summed E-state index contributed by atoms with van der Waals surface area (Å²) in [4.78, 5) is 0. The van der Waals surface area contributed by atoms with E-state index < -0.39 is 0 Å². The lowest BCUT2D eigenvalue weighted by atomic mass is 10.3. The van der Waals surface area contributed by atoms with Crippen LogP contribution >= 0.6 is 0 Å². The highest BCUT2D eigenvalue weighted by Gasteiger charge is 1.89. The van der Waals surface area contributed by atoms with Crippen LogP contribution in [-0.4, -0.2) is 6.61 Å². The molecule has 0 saturated heterocycles. The molecular formula is C14H26F4O. The maximum absolute atomic E-state index is 5.51. The van der Waals surface area contributed by atoms with Crippen molar-refractivity contribution in [3.63, 3.8) is 0 Å². The fourth-order valence-electron chi connectivity index (χ4n) is 1.06. The van der Waals surface area contributed by atoms with Gasteiger partial charge < -0.3 is 4.74 Å².